The lowest BCUT2D eigenvalue weighted by Crippen LogP contribution is -2.49. The zero-order valence-corrected chi connectivity index (χ0v) is 15.4. The van der Waals surface area contributed by atoms with Gasteiger partial charge in [0.1, 0.15) is 5.82 Å². The second kappa shape index (κ2) is 7.79. The van der Waals surface area contributed by atoms with Crippen molar-refractivity contribution in [1.29, 1.82) is 5.26 Å². The molecule has 142 valence electrons. The lowest BCUT2D eigenvalue weighted by atomic mass is 10.1. The van der Waals surface area contributed by atoms with Gasteiger partial charge in [-0.2, -0.15) is 10.4 Å². The Labute approximate surface area is 162 Å². The van der Waals surface area contributed by atoms with Gasteiger partial charge in [0.15, 0.2) is 5.69 Å². The van der Waals surface area contributed by atoms with Gasteiger partial charge >= 0.3 is 0 Å². The maximum atomic E-state index is 13.0. The number of carbonyl (C=O) groups is 1. The first kappa shape index (κ1) is 18.1. The predicted molar refractivity (Wildman–Crippen MR) is 103 cm³/mol. The molecular weight excluding hydrogens is 357 g/mol. The molecule has 6 nitrogen and oxygen atoms in total. The summed E-state index contributed by atoms with van der Waals surface area (Å²) in [5, 5.41) is 16.8. The summed E-state index contributed by atoms with van der Waals surface area (Å²) in [7, 11) is 0. The van der Waals surface area contributed by atoms with Crippen LogP contribution in [-0.4, -0.2) is 58.6 Å². The molecule has 0 aliphatic carbocycles. The van der Waals surface area contributed by atoms with Gasteiger partial charge in [-0.15, -0.1) is 0 Å². The summed E-state index contributed by atoms with van der Waals surface area (Å²) in [6, 6.07) is 13.9. The van der Waals surface area contributed by atoms with Crippen LogP contribution in [0, 0.1) is 17.1 Å². The Balaban J connectivity index is 1.35. The number of aromatic nitrogens is 2. The maximum Gasteiger partial charge on any atom is 0.275 e. The van der Waals surface area contributed by atoms with E-state index in [1.807, 2.05) is 17.0 Å². The highest BCUT2D eigenvalue weighted by atomic mass is 19.1. The molecule has 2 heterocycles. The highest BCUT2D eigenvalue weighted by molar-refractivity contribution is 6.04. The lowest BCUT2D eigenvalue weighted by Gasteiger charge is -2.34. The maximum absolute atomic E-state index is 13.0. The van der Waals surface area contributed by atoms with Crippen LogP contribution in [0.4, 0.5) is 4.39 Å². The zero-order valence-electron chi connectivity index (χ0n) is 15.4. The molecule has 28 heavy (non-hydrogen) atoms. The van der Waals surface area contributed by atoms with Crippen LogP contribution in [-0.2, 0) is 6.42 Å². The fourth-order valence-corrected chi connectivity index (χ4v) is 3.51. The molecule has 2 aromatic carbocycles. The van der Waals surface area contributed by atoms with Crippen molar-refractivity contribution in [1.82, 2.24) is 20.0 Å². The SMILES string of the molecule is N#Cc1ccc2c(C(=O)N3CCN(CCc4ccc(F)cc4)CC3)n[nH]c2c1. The minimum atomic E-state index is -0.217. The topological polar surface area (TPSA) is 76.0 Å². The summed E-state index contributed by atoms with van der Waals surface area (Å²) in [5.41, 5.74) is 2.74. The number of halogens is 1. The molecular formula is C21H20FN5O. The number of aromatic amines is 1. The lowest BCUT2D eigenvalue weighted by molar-refractivity contribution is 0.0634. The van der Waals surface area contributed by atoms with Gasteiger partial charge in [0, 0.05) is 38.1 Å². The zero-order chi connectivity index (χ0) is 19.5. The Morgan fingerprint density at radius 1 is 1.14 bits per heavy atom. The van der Waals surface area contributed by atoms with E-state index in [-0.39, 0.29) is 11.7 Å². The van der Waals surface area contributed by atoms with E-state index < -0.39 is 0 Å². The number of benzene rings is 2. The smallest absolute Gasteiger partial charge is 0.275 e. The third-order valence-electron chi connectivity index (χ3n) is 5.18. The number of piperazine rings is 1. The highest BCUT2D eigenvalue weighted by Gasteiger charge is 2.25. The van der Waals surface area contributed by atoms with Crippen LogP contribution in [0.15, 0.2) is 42.5 Å². The van der Waals surface area contributed by atoms with E-state index in [1.54, 1.807) is 18.2 Å². The molecule has 0 saturated carbocycles. The minimum absolute atomic E-state index is 0.0888. The van der Waals surface area contributed by atoms with Gasteiger partial charge in [-0.25, -0.2) is 4.39 Å². The summed E-state index contributed by atoms with van der Waals surface area (Å²) in [5.74, 6) is -0.306. The largest absolute Gasteiger partial charge is 0.335 e. The Bertz CT molecular complexity index is 1030. The van der Waals surface area contributed by atoms with Crippen LogP contribution < -0.4 is 0 Å². The number of hydrogen-bond donors (Lipinski definition) is 1. The first-order valence-electron chi connectivity index (χ1n) is 9.28. The van der Waals surface area contributed by atoms with Crippen molar-refractivity contribution in [2.24, 2.45) is 0 Å². The normalized spacial score (nSPS) is 14.9. The van der Waals surface area contributed by atoms with Gasteiger partial charge in [-0.05, 0) is 42.3 Å². The number of nitrogens with one attached hydrogen (secondary N) is 1. The van der Waals surface area contributed by atoms with Gasteiger partial charge in [-0.1, -0.05) is 12.1 Å². The van der Waals surface area contributed by atoms with Crippen molar-refractivity contribution in [3.63, 3.8) is 0 Å². The second-order valence-electron chi connectivity index (χ2n) is 6.95. The third-order valence-corrected chi connectivity index (χ3v) is 5.18. The van der Waals surface area contributed by atoms with Crippen molar-refractivity contribution >= 4 is 16.8 Å². The fourth-order valence-electron chi connectivity index (χ4n) is 3.51. The molecule has 0 unspecified atom stereocenters. The number of nitriles is 1. The van der Waals surface area contributed by atoms with Crippen LogP contribution in [0.5, 0.6) is 0 Å². The van der Waals surface area contributed by atoms with Crippen molar-refractivity contribution < 1.29 is 9.18 Å². The number of carbonyl (C=O) groups excluding carboxylic acids is 1. The first-order chi connectivity index (χ1) is 13.6. The number of rotatable bonds is 4. The van der Waals surface area contributed by atoms with E-state index in [2.05, 4.69) is 21.2 Å². The molecule has 3 aromatic rings. The van der Waals surface area contributed by atoms with Crippen molar-refractivity contribution in [3.05, 3.63) is 65.1 Å². The number of amides is 1. The Kier molecular flexibility index (Phi) is 5.04. The molecule has 4 rings (SSSR count). The number of hydrogen-bond acceptors (Lipinski definition) is 4. The van der Waals surface area contributed by atoms with Crippen molar-refractivity contribution in [3.8, 4) is 6.07 Å². The number of nitrogens with zero attached hydrogens (tertiary/aromatic N) is 4. The Hall–Kier alpha value is -3.24. The average Bonchev–Trinajstić information content (AvgIpc) is 3.16. The van der Waals surface area contributed by atoms with Crippen molar-refractivity contribution in [2.45, 2.75) is 6.42 Å². The van der Waals surface area contributed by atoms with E-state index in [0.717, 1.165) is 37.0 Å². The molecule has 1 aromatic heterocycles. The summed E-state index contributed by atoms with van der Waals surface area (Å²) in [6.45, 7) is 3.78. The highest BCUT2D eigenvalue weighted by Crippen LogP contribution is 2.19. The quantitative estimate of drug-likeness (QED) is 0.758. The van der Waals surface area contributed by atoms with Crippen LogP contribution in [0.1, 0.15) is 21.6 Å². The Morgan fingerprint density at radius 3 is 2.61 bits per heavy atom. The van der Waals surface area contributed by atoms with E-state index in [1.165, 1.54) is 12.1 Å². The fraction of sp³-hybridized carbons (Fsp3) is 0.286. The van der Waals surface area contributed by atoms with Crippen LogP contribution in [0.25, 0.3) is 10.9 Å². The molecule has 0 spiro atoms. The molecule has 1 N–H and O–H groups in total. The molecule has 1 saturated heterocycles. The van der Waals surface area contributed by atoms with Gasteiger partial charge in [0.05, 0.1) is 17.1 Å². The first-order valence-corrected chi connectivity index (χ1v) is 9.28. The molecule has 1 amide bonds. The molecule has 1 aliphatic heterocycles. The van der Waals surface area contributed by atoms with Crippen LogP contribution in [0.3, 0.4) is 0 Å². The van der Waals surface area contributed by atoms with Gasteiger partial charge in [-0.3, -0.25) is 14.8 Å². The molecule has 0 radical (unpaired) electrons. The second-order valence-corrected chi connectivity index (χ2v) is 6.95. The summed E-state index contributed by atoms with van der Waals surface area (Å²) >= 11 is 0. The number of fused-ring (bicyclic) bond motifs is 1. The van der Waals surface area contributed by atoms with Crippen molar-refractivity contribution in [2.75, 3.05) is 32.7 Å². The molecule has 0 bridgehead atoms. The van der Waals surface area contributed by atoms with E-state index in [9.17, 15) is 9.18 Å². The van der Waals surface area contributed by atoms with Gasteiger partial charge in [0.25, 0.3) is 5.91 Å². The monoisotopic (exact) mass is 377 g/mol. The van der Waals surface area contributed by atoms with E-state index in [4.69, 9.17) is 5.26 Å². The summed E-state index contributed by atoms with van der Waals surface area (Å²) in [6.07, 6.45) is 0.861. The summed E-state index contributed by atoms with van der Waals surface area (Å²) < 4.78 is 13.0. The summed E-state index contributed by atoms with van der Waals surface area (Å²) in [4.78, 5) is 17.0. The minimum Gasteiger partial charge on any atom is -0.335 e. The van der Waals surface area contributed by atoms with E-state index in [0.29, 0.717) is 29.9 Å². The third kappa shape index (κ3) is 3.73. The molecule has 0 atom stereocenters. The molecule has 1 aliphatic rings. The van der Waals surface area contributed by atoms with Crippen LogP contribution >= 0.6 is 0 Å². The van der Waals surface area contributed by atoms with Crippen LogP contribution in [0.2, 0.25) is 0 Å². The van der Waals surface area contributed by atoms with Gasteiger partial charge in [0.2, 0.25) is 0 Å². The number of H-pyrrole nitrogens is 1. The van der Waals surface area contributed by atoms with E-state index >= 15 is 0 Å². The molecule has 1 fully saturated rings. The standard InChI is InChI=1S/C21H20FN5O/c22-17-4-1-15(2-5-17)7-8-26-9-11-27(12-10-26)21(28)20-18-6-3-16(14-23)13-19(18)24-25-20/h1-6,13H,7-12H2,(H,24,25). The average molecular weight is 377 g/mol. The molecule has 7 heteroatoms. The van der Waals surface area contributed by atoms with Gasteiger partial charge < -0.3 is 4.90 Å². The Morgan fingerprint density at radius 2 is 1.89 bits per heavy atom. The predicted octanol–water partition coefficient (Wildman–Crippen LogP) is 2.57.